The maximum atomic E-state index is 3.45. The van der Waals surface area contributed by atoms with Gasteiger partial charge < -0.3 is 24.8 Å². The molecule has 2 aromatic rings. The van der Waals surface area contributed by atoms with Crippen molar-refractivity contribution in [2.75, 3.05) is 0 Å². The fourth-order valence-corrected chi connectivity index (χ4v) is 8.03. The molecule has 0 aliphatic heterocycles. The summed E-state index contributed by atoms with van der Waals surface area (Å²) in [6, 6.07) is 17.7. The van der Waals surface area contributed by atoms with Crippen molar-refractivity contribution in [1.29, 1.82) is 0 Å². The quantitative estimate of drug-likeness (QED) is 0.319. The fourth-order valence-electron chi connectivity index (χ4n) is 3.62. The van der Waals surface area contributed by atoms with Gasteiger partial charge in [-0.2, -0.15) is 29.8 Å². The second-order valence-electron chi connectivity index (χ2n) is 8.18. The van der Waals surface area contributed by atoms with E-state index < -0.39 is 0 Å². The molecule has 0 heterocycles. The van der Waals surface area contributed by atoms with Crippen LogP contribution in [0.3, 0.4) is 0 Å². The molecule has 2 aliphatic carbocycles. The molecule has 2 aliphatic rings. The molecule has 0 aromatic heterocycles. The van der Waals surface area contributed by atoms with Crippen molar-refractivity contribution in [1.82, 2.24) is 0 Å². The van der Waals surface area contributed by atoms with Crippen molar-refractivity contribution in [3.05, 3.63) is 83.0 Å². The summed E-state index contributed by atoms with van der Waals surface area (Å²) in [5.74, 6) is 0. The van der Waals surface area contributed by atoms with Crippen molar-refractivity contribution in [2.24, 2.45) is 0 Å². The van der Waals surface area contributed by atoms with E-state index in [0.717, 1.165) is 12.8 Å². The van der Waals surface area contributed by atoms with E-state index in [2.05, 4.69) is 76.2 Å². The van der Waals surface area contributed by atoms with Crippen molar-refractivity contribution in [3.8, 4) is 11.1 Å². The van der Waals surface area contributed by atoms with E-state index in [1.807, 2.05) is 35.5 Å². The molecular weight excluding hydrogens is 527 g/mol. The molecule has 2 aromatic carbocycles. The summed E-state index contributed by atoms with van der Waals surface area (Å²) in [5, 5.41) is 0. The maximum absolute atomic E-state index is 3.45. The molecule has 0 amide bonds. The van der Waals surface area contributed by atoms with Crippen LogP contribution < -0.4 is 24.8 Å². The standard InChI is InChI=1S/C15H13.C8H18Si.C5H5.2ClH.Zr/c1-10-3-5-14-12(7-10)9-13-8-11(2)4-6-15(13)14;1-3-5-7-9-8-6-4-2;1-2-4-5-3-1;;;/h3-7H,9H2,1-2H3;3-8H2,1-2H3;1-3H,4H2;2*1H;/q-1;;-1;;;+2/p-2. The number of unbranched alkanes of at least 4 members (excludes halogenated alkanes) is 2. The van der Waals surface area contributed by atoms with Gasteiger partial charge >= 0.3 is 80.4 Å². The van der Waals surface area contributed by atoms with Gasteiger partial charge in [0.2, 0.25) is 0 Å². The molecule has 0 bridgehead atoms. The third kappa shape index (κ3) is 11.1. The number of rotatable bonds is 6. The van der Waals surface area contributed by atoms with E-state index in [1.165, 1.54) is 59.1 Å². The number of fused-ring (bicyclic) bond motifs is 3. The van der Waals surface area contributed by atoms with Gasteiger partial charge in [0, 0.05) is 0 Å². The van der Waals surface area contributed by atoms with Crippen LogP contribution >= 0.6 is 0 Å². The van der Waals surface area contributed by atoms with E-state index in [0.29, 0.717) is 0 Å². The molecule has 0 radical (unpaired) electrons. The Morgan fingerprint density at radius 3 is 2.12 bits per heavy atom. The Labute approximate surface area is 224 Å². The second-order valence-corrected chi connectivity index (χ2v) is 15.6. The third-order valence-corrected chi connectivity index (χ3v) is 10.9. The Kier molecular flexibility index (Phi) is 17.8. The first kappa shape index (κ1) is 31.6. The van der Waals surface area contributed by atoms with Gasteiger partial charge in [-0.05, 0) is 18.9 Å². The zero-order valence-electron chi connectivity index (χ0n) is 20.0. The minimum Gasteiger partial charge on any atom is -1.00 e. The number of hydrogen-bond acceptors (Lipinski definition) is 0. The largest absolute Gasteiger partial charge is 1.00 e. The summed E-state index contributed by atoms with van der Waals surface area (Å²) < 4.78 is 0. The van der Waals surface area contributed by atoms with Gasteiger partial charge in [0.05, 0.1) is 0 Å². The molecule has 4 heteroatoms. The Morgan fingerprint density at radius 2 is 1.59 bits per heavy atom. The number of benzene rings is 2. The van der Waals surface area contributed by atoms with Gasteiger partial charge in [0.25, 0.3) is 0 Å². The third-order valence-electron chi connectivity index (χ3n) is 5.34. The van der Waals surface area contributed by atoms with Crippen molar-refractivity contribution in [3.63, 3.8) is 0 Å². The van der Waals surface area contributed by atoms with E-state index in [-0.39, 0.29) is 30.2 Å². The predicted molar refractivity (Wildman–Crippen MR) is 130 cm³/mol. The molecule has 0 nitrogen and oxygen atoms in total. The number of hydrogen-bond donors (Lipinski definition) is 0. The first-order valence-corrected chi connectivity index (χ1v) is 17.0. The number of aryl methyl sites for hydroxylation is 2. The van der Waals surface area contributed by atoms with Crippen LogP contribution in [0.4, 0.5) is 0 Å². The maximum Gasteiger partial charge on any atom is -0.0253 e. The molecular formula is C28H36Cl2SiZr-2. The zero-order chi connectivity index (χ0) is 21.8. The Morgan fingerprint density at radius 1 is 0.938 bits per heavy atom. The molecule has 32 heavy (non-hydrogen) atoms. The summed E-state index contributed by atoms with van der Waals surface area (Å²) in [5.41, 5.74) is 8.33. The average Bonchev–Trinajstić information content (AvgIpc) is 3.41. The molecule has 0 fully saturated rings. The van der Waals surface area contributed by atoms with Gasteiger partial charge in [-0.3, -0.25) is 6.08 Å². The molecule has 0 saturated carbocycles. The molecule has 0 unspecified atom stereocenters. The Hall–Kier alpha value is -0.400. The summed E-state index contributed by atoms with van der Waals surface area (Å²) in [6.45, 7) is 8.85. The molecule has 0 spiro atoms. The average molecular weight is 563 g/mol. The van der Waals surface area contributed by atoms with Crippen LogP contribution in [0.1, 0.15) is 68.2 Å². The van der Waals surface area contributed by atoms with Crippen molar-refractivity contribution >= 4 is 5.43 Å². The van der Waals surface area contributed by atoms with Crippen LogP contribution in [0.5, 0.6) is 0 Å². The Balaban J connectivity index is 0.000000494. The number of allylic oxidation sites excluding steroid dienone is 4. The van der Waals surface area contributed by atoms with Crippen LogP contribution in [0.2, 0.25) is 12.1 Å². The number of halogens is 2. The van der Waals surface area contributed by atoms with Gasteiger partial charge in [0.15, 0.2) is 0 Å². The molecule has 0 atom stereocenters. The van der Waals surface area contributed by atoms with E-state index in [9.17, 15) is 0 Å². The minimum absolute atomic E-state index is 0. The fraction of sp³-hybridized carbons (Fsp3) is 0.429. The van der Waals surface area contributed by atoms with E-state index >= 15 is 0 Å². The summed E-state index contributed by atoms with van der Waals surface area (Å²) in [4.78, 5) is 0. The smallest absolute Gasteiger partial charge is 0.0253 e. The van der Waals surface area contributed by atoms with Gasteiger partial charge in [-0.25, -0.2) is 12.2 Å². The van der Waals surface area contributed by atoms with Gasteiger partial charge in [-0.15, -0.1) is 17.5 Å². The van der Waals surface area contributed by atoms with Gasteiger partial charge in [-0.1, -0.05) is 36.2 Å². The molecule has 172 valence electrons. The summed E-state index contributed by atoms with van der Waals surface area (Å²) in [7, 11) is 0. The predicted octanol–water partition coefficient (Wildman–Crippen LogP) is 2.11. The van der Waals surface area contributed by atoms with Crippen LogP contribution in [0, 0.1) is 26.0 Å². The van der Waals surface area contributed by atoms with Gasteiger partial charge in [0.1, 0.15) is 0 Å². The first-order chi connectivity index (χ1) is 14.5. The topological polar surface area (TPSA) is 0 Å². The van der Waals surface area contributed by atoms with Crippen molar-refractivity contribution < 1.29 is 48.1 Å². The molecule has 0 saturated heterocycles. The van der Waals surface area contributed by atoms with Crippen LogP contribution in [-0.2, 0) is 29.8 Å². The monoisotopic (exact) mass is 560 g/mol. The zero-order valence-corrected chi connectivity index (χ0v) is 25.0. The first-order valence-electron chi connectivity index (χ1n) is 11.4. The van der Waals surface area contributed by atoms with E-state index in [1.54, 1.807) is 12.1 Å². The normalized spacial score (nSPS) is 11.7. The molecule has 0 N–H and O–H groups in total. The Bertz CT molecular complexity index is 817. The second kappa shape index (κ2) is 18.0. The van der Waals surface area contributed by atoms with Crippen LogP contribution in [0.15, 0.2) is 48.6 Å². The SMILES string of the molecule is CCCC[Si](=[Zr+2])CCCC.Cc1[c-]c2c(cc1)-c1ccc(C)cc1C2.[C-]1=CC=CC1.[Cl-].[Cl-]. The summed E-state index contributed by atoms with van der Waals surface area (Å²) in [6.07, 6.45) is 16.8. The summed E-state index contributed by atoms with van der Waals surface area (Å²) >= 11 is 1.86. The van der Waals surface area contributed by atoms with E-state index in [4.69, 9.17) is 0 Å². The minimum atomic E-state index is 0. The van der Waals surface area contributed by atoms with Crippen molar-refractivity contribution in [2.45, 2.75) is 78.3 Å². The molecule has 4 rings (SSSR count). The van der Waals surface area contributed by atoms with Crippen LogP contribution in [0.25, 0.3) is 11.1 Å². The van der Waals surface area contributed by atoms with Crippen LogP contribution in [-0.4, -0.2) is 5.43 Å².